The Balaban J connectivity index is 1.59. The summed E-state index contributed by atoms with van der Waals surface area (Å²) < 4.78 is 0. The van der Waals surface area contributed by atoms with Crippen molar-refractivity contribution >= 4 is 23.2 Å². The minimum absolute atomic E-state index is 0.0296. The first-order valence-electron chi connectivity index (χ1n) is 8.90. The van der Waals surface area contributed by atoms with Gasteiger partial charge in [-0.1, -0.05) is 32.9 Å². The van der Waals surface area contributed by atoms with Gasteiger partial charge in [0.25, 0.3) is 11.8 Å². The Bertz CT molecular complexity index is 815. The Morgan fingerprint density at radius 2 is 1.81 bits per heavy atom. The molecule has 1 aliphatic rings. The normalized spacial score (nSPS) is 14.2. The van der Waals surface area contributed by atoms with E-state index in [0.717, 1.165) is 29.1 Å². The maximum atomic E-state index is 12.5. The first kappa shape index (κ1) is 18.6. The second-order valence-corrected chi connectivity index (χ2v) is 8.81. The standard InChI is InChI=1S/C20H25N3O2S/c1-12-16(26-19(22-12)20(2,3)4)18(25)21-11-13-5-7-14(8-6-13)17(24)23-15-9-10-15/h5-8,15H,9-11H2,1-4H3,(H,21,25)(H,23,24). The lowest BCUT2D eigenvalue weighted by molar-refractivity contribution is 0.0943. The molecule has 3 rings (SSSR count). The summed E-state index contributed by atoms with van der Waals surface area (Å²) in [4.78, 5) is 29.7. The number of carbonyl (C=O) groups excluding carboxylic acids is 2. The van der Waals surface area contributed by atoms with Crippen LogP contribution in [0.2, 0.25) is 0 Å². The van der Waals surface area contributed by atoms with Gasteiger partial charge in [-0.05, 0) is 37.5 Å². The molecule has 0 spiro atoms. The molecule has 5 nitrogen and oxygen atoms in total. The largest absolute Gasteiger partial charge is 0.349 e. The van der Waals surface area contributed by atoms with Crippen LogP contribution in [0.4, 0.5) is 0 Å². The highest BCUT2D eigenvalue weighted by molar-refractivity contribution is 7.14. The van der Waals surface area contributed by atoms with Gasteiger partial charge in [-0.15, -0.1) is 11.3 Å². The molecule has 1 aromatic heterocycles. The number of benzene rings is 1. The van der Waals surface area contributed by atoms with Gasteiger partial charge in [0.2, 0.25) is 0 Å². The summed E-state index contributed by atoms with van der Waals surface area (Å²) in [5, 5.41) is 6.87. The fourth-order valence-electron chi connectivity index (χ4n) is 2.46. The molecule has 0 atom stereocenters. The fraction of sp³-hybridized carbons (Fsp3) is 0.450. The molecular formula is C20H25N3O2S. The van der Waals surface area contributed by atoms with E-state index in [1.165, 1.54) is 11.3 Å². The van der Waals surface area contributed by atoms with Crippen molar-refractivity contribution in [2.24, 2.45) is 0 Å². The van der Waals surface area contributed by atoms with Gasteiger partial charge in [0.05, 0.1) is 10.7 Å². The zero-order valence-corrected chi connectivity index (χ0v) is 16.5. The van der Waals surface area contributed by atoms with E-state index in [9.17, 15) is 9.59 Å². The minimum atomic E-state index is -0.106. The van der Waals surface area contributed by atoms with Crippen LogP contribution in [0.1, 0.15) is 69.9 Å². The maximum Gasteiger partial charge on any atom is 0.263 e. The number of nitrogens with zero attached hydrogens (tertiary/aromatic N) is 1. The van der Waals surface area contributed by atoms with E-state index in [1.807, 2.05) is 19.1 Å². The lowest BCUT2D eigenvalue weighted by Crippen LogP contribution is -2.25. The van der Waals surface area contributed by atoms with Gasteiger partial charge in [-0.25, -0.2) is 4.98 Å². The molecule has 0 aliphatic heterocycles. The third-order valence-corrected chi connectivity index (χ3v) is 5.81. The lowest BCUT2D eigenvalue weighted by atomic mass is 9.98. The van der Waals surface area contributed by atoms with Crippen molar-refractivity contribution in [1.29, 1.82) is 0 Å². The van der Waals surface area contributed by atoms with Crippen molar-refractivity contribution in [3.05, 3.63) is 51.0 Å². The molecule has 0 bridgehead atoms. The molecule has 6 heteroatoms. The predicted molar refractivity (Wildman–Crippen MR) is 104 cm³/mol. The number of rotatable bonds is 5. The molecule has 2 N–H and O–H groups in total. The molecule has 2 amide bonds. The van der Waals surface area contributed by atoms with Crippen LogP contribution < -0.4 is 10.6 Å². The van der Waals surface area contributed by atoms with Crippen LogP contribution in [-0.2, 0) is 12.0 Å². The van der Waals surface area contributed by atoms with Gasteiger partial charge < -0.3 is 10.6 Å². The second-order valence-electron chi connectivity index (χ2n) is 7.81. The second kappa shape index (κ2) is 7.19. The molecule has 0 radical (unpaired) electrons. The predicted octanol–water partition coefficient (Wildman–Crippen LogP) is 3.57. The van der Waals surface area contributed by atoms with Crippen LogP contribution in [0.25, 0.3) is 0 Å². The molecule has 1 heterocycles. The van der Waals surface area contributed by atoms with Crippen molar-refractivity contribution in [2.75, 3.05) is 0 Å². The number of carbonyl (C=O) groups is 2. The molecule has 0 unspecified atom stereocenters. The Kier molecular flexibility index (Phi) is 5.14. The average molecular weight is 372 g/mol. The maximum absolute atomic E-state index is 12.5. The first-order chi connectivity index (χ1) is 12.2. The average Bonchev–Trinajstić information content (AvgIpc) is 3.30. The van der Waals surface area contributed by atoms with E-state index in [-0.39, 0.29) is 17.2 Å². The topological polar surface area (TPSA) is 71.1 Å². The monoisotopic (exact) mass is 371 g/mol. The van der Waals surface area contributed by atoms with Crippen molar-refractivity contribution in [1.82, 2.24) is 15.6 Å². The number of aromatic nitrogens is 1. The van der Waals surface area contributed by atoms with Crippen molar-refractivity contribution in [2.45, 2.75) is 58.5 Å². The SMILES string of the molecule is Cc1nc(C(C)(C)C)sc1C(=O)NCc1ccc(C(=O)NC2CC2)cc1. The van der Waals surface area contributed by atoms with Gasteiger partial charge in [-0.2, -0.15) is 0 Å². The Hall–Kier alpha value is -2.21. The van der Waals surface area contributed by atoms with Gasteiger partial charge in [0.1, 0.15) is 4.88 Å². The van der Waals surface area contributed by atoms with Crippen LogP contribution >= 0.6 is 11.3 Å². The zero-order valence-electron chi connectivity index (χ0n) is 15.7. The number of aryl methyl sites for hydroxylation is 1. The molecule has 26 heavy (non-hydrogen) atoms. The molecule has 1 aliphatic carbocycles. The van der Waals surface area contributed by atoms with E-state index >= 15 is 0 Å². The summed E-state index contributed by atoms with van der Waals surface area (Å²) >= 11 is 1.45. The van der Waals surface area contributed by atoms with E-state index in [2.05, 4.69) is 36.4 Å². The van der Waals surface area contributed by atoms with Crippen LogP contribution in [0.15, 0.2) is 24.3 Å². The van der Waals surface area contributed by atoms with Crippen LogP contribution in [0, 0.1) is 6.92 Å². The lowest BCUT2D eigenvalue weighted by Gasteiger charge is -2.13. The van der Waals surface area contributed by atoms with Crippen LogP contribution in [0.3, 0.4) is 0 Å². The summed E-state index contributed by atoms with van der Waals surface area (Å²) in [5.74, 6) is -0.135. The molecule has 138 valence electrons. The number of hydrogen-bond donors (Lipinski definition) is 2. The third-order valence-electron chi connectivity index (χ3n) is 4.23. The van der Waals surface area contributed by atoms with E-state index < -0.39 is 0 Å². The summed E-state index contributed by atoms with van der Waals surface area (Å²) in [6.07, 6.45) is 2.15. The summed E-state index contributed by atoms with van der Waals surface area (Å²) in [6, 6.07) is 7.70. The van der Waals surface area contributed by atoms with Crippen molar-refractivity contribution in [3.63, 3.8) is 0 Å². The third kappa shape index (κ3) is 4.49. The van der Waals surface area contributed by atoms with Crippen LogP contribution in [-0.4, -0.2) is 22.8 Å². The smallest absolute Gasteiger partial charge is 0.263 e. The van der Waals surface area contributed by atoms with Crippen molar-refractivity contribution < 1.29 is 9.59 Å². The van der Waals surface area contributed by atoms with Gasteiger partial charge >= 0.3 is 0 Å². The van der Waals surface area contributed by atoms with E-state index in [0.29, 0.717) is 23.0 Å². The zero-order chi connectivity index (χ0) is 18.9. The molecule has 1 saturated carbocycles. The Labute approximate surface area is 158 Å². The molecular weight excluding hydrogens is 346 g/mol. The number of nitrogens with one attached hydrogen (secondary N) is 2. The van der Waals surface area contributed by atoms with E-state index in [1.54, 1.807) is 12.1 Å². The summed E-state index contributed by atoms with van der Waals surface area (Å²) in [7, 11) is 0. The Morgan fingerprint density at radius 1 is 1.15 bits per heavy atom. The van der Waals surface area contributed by atoms with Crippen molar-refractivity contribution in [3.8, 4) is 0 Å². The molecule has 2 aromatic rings. The molecule has 0 saturated heterocycles. The molecule has 1 aromatic carbocycles. The van der Waals surface area contributed by atoms with Gasteiger partial charge in [0, 0.05) is 23.6 Å². The quantitative estimate of drug-likeness (QED) is 0.844. The number of hydrogen-bond acceptors (Lipinski definition) is 4. The van der Waals surface area contributed by atoms with Gasteiger partial charge in [-0.3, -0.25) is 9.59 Å². The Morgan fingerprint density at radius 3 is 2.35 bits per heavy atom. The van der Waals surface area contributed by atoms with Gasteiger partial charge in [0.15, 0.2) is 0 Å². The van der Waals surface area contributed by atoms with E-state index in [4.69, 9.17) is 0 Å². The number of thiazole rings is 1. The van der Waals surface area contributed by atoms with Crippen LogP contribution in [0.5, 0.6) is 0 Å². The minimum Gasteiger partial charge on any atom is -0.349 e. The highest BCUT2D eigenvalue weighted by Gasteiger charge is 2.24. The number of amides is 2. The highest BCUT2D eigenvalue weighted by Crippen LogP contribution is 2.29. The summed E-state index contributed by atoms with van der Waals surface area (Å²) in [5.41, 5.74) is 2.31. The fourth-order valence-corrected chi connectivity index (χ4v) is 3.50. The summed E-state index contributed by atoms with van der Waals surface area (Å²) in [6.45, 7) is 8.56. The highest BCUT2D eigenvalue weighted by atomic mass is 32.1. The molecule has 1 fully saturated rings. The first-order valence-corrected chi connectivity index (χ1v) is 9.71.